The van der Waals surface area contributed by atoms with Gasteiger partial charge in [0.15, 0.2) is 0 Å². The van der Waals surface area contributed by atoms with Crippen LogP contribution < -0.4 is 11.3 Å². The zero-order chi connectivity index (χ0) is 15.6. The molecule has 0 bridgehead atoms. The summed E-state index contributed by atoms with van der Waals surface area (Å²) in [6.07, 6.45) is 0.761. The van der Waals surface area contributed by atoms with Gasteiger partial charge in [-0.3, -0.25) is 11.3 Å². The first kappa shape index (κ1) is 16.3. The van der Waals surface area contributed by atoms with E-state index in [0.717, 1.165) is 12.0 Å². The maximum absolute atomic E-state index is 6.08. The highest BCUT2D eigenvalue weighted by Crippen LogP contribution is 2.27. The molecule has 112 valence electrons. The molecule has 21 heavy (non-hydrogen) atoms. The minimum absolute atomic E-state index is 0.0431. The standard InChI is InChI=1S/C17H20Cl2N2/c1-10-6-12(3)14(7-11(10)2)17(21-20)9-13-4-5-15(18)16(19)8-13/h4-8,17,21H,9,20H2,1-3H3. The molecule has 0 radical (unpaired) electrons. The number of hydrogen-bond donors (Lipinski definition) is 2. The number of aryl methyl sites for hydroxylation is 3. The number of nitrogens with two attached hydrogens (primary N) is 1. The van der Waals surface area contributed by atoms with Crippen LogP contribution in [0, 0.1) is 20.8 Å². The van der Waals surface area contributed by atoms with Gasteiger partial charge in [0.1, 0.15) is 0 Å². The number of halogens is 2. The molecule has 0 aliphatic rings. The van der Waals surface area contributed by atoms with Crippen LogP contribution in [0.4, 0.5) is 0 Å². The van der Waals surface area contributed by atoms with E-state index in [0.29, 0.717) is 10.0 Å². The van der Waals surface area contributed by atoms with Crippen molar-refractivity contribution in [2.75, 3.05) is 0 Å². The van der Waals surface area contributed by atoms with E-state index in [1.807, 2.05) is 18.2 Å². The van der Waals surface area contributed by atoms with Gasteiger partial charge in [-0.1, -0.05) is 41.4 Å². The monoisotopic (exact) mass is 322 g/mol. The van der Waals surface area contributed by atoms with Crippen molar-refractivity contribution in [1.82, 2.24) is 5.43 Å². The lowest BCUT2D eigenvalue weighted by atomic mass is 9.92. The van der Waals surface area contributed by atoms with E-state index in [4.69, 9.17) is 29.0 Å². The van der Waals surface area contributed by atoms with E-state index in [1.54, 1.807) is 0 Å². The average Bonchev–Trinajstić information content (AvgIpc) is 2.44. The molecule has 4 heteroatoms. The van der Waals surface area contributed by atoms with Crippen LogP contribution in [0.5, 0.6) is 0 Å². The minimum atomic E-state index is 0.0431. The molecular formula is C17H20Cl2N2. The molecule has 0 saturated carbocycles. The van der Waals surface area contributed by atoms with Gasteiger partial charge in [0.2, 0.25) is 0 Å². The van der Waals surface area contributed by atoms with Gasteiger partial charge in [-0.05, 0) is 67.1 Å². The average molecular weight is 323 g/mol. The summed E-state index contributed by atoms with van der Waals surface area (Å²) < 4.78 is 0. The Kier molecular flexibility index (Phi) is 5.28. The van der Waals surface area contributed by atoms with Gasteiger partial charge < -0.3 is 0 Å². The lowest BCUT2D eigenvalue weighted by molar-refractivity contribution is 0.549. The summed E-state index contributed by atoms with van der Waals surface area (Å²) in [6.45, 7) is 6.35. The zero-order valence-electron chi connectivity index (χ0n) is 12.5. The first-order chi connectivity index (χ1) is 9.92. The van der Waals surface area contributed by atoms with Crippen molar-refractivity contribution in [2.24, 2.45) is 5.84 Å². The lowest BCUT2D eigenvalue weighted by Crippen LogP contribution is -2.30. The third-order valence-electron chi connectivity index (χ3n) is 3.88. The Morgan fingerprint density at radius 1 is 0.952 bits per heavy atom. The van der Waals surface area contributed by atoms with E-state index in [-0.39, 0.29) is 6.04 Å². The van der Waals surface area contributed by atoms with E-state index in [9.17, 15) is 0 Å². The summed E-state index contributed by atoms with van der Waals surface area (Å²) in [5.41, 5.74) is 9.03. The SMILES string of the molecule is Cc1cc(C)c(C(Cc2ccc(Cl)c(Cl)c2)NN)cc1C. The smallest absolute Gasteiger partial charge is 0.0595 e. The van der Waals surface area contributed by atoms with Gasteiger partial charge in [-0.2, -0.15) is 0 Å². The fraction of sp³-hybridized carbons (Fsp3) is 0.294. The van der Waals surface area contributed by atoms with Crippen molar-refractivity contribution in [1.29, 1.82) is 0 Å². The third-order valence-corrected chi connectivity index (χ3v) is 4.62. The van der Waals surface area contributed by atoms with E-state index in [1.165, 1.54) is 22.3 Å². The van der Waals surface area contributed by atoms with Gasteiger partial charge in [-0.15, -0.1) is 0 Å². The molecule has 0 aliphatic carbocycles. The van der Waals surface area contributed by atoms with Crippen molar-refractivity contribution < 1.29 is 0 Å². The predicted molar refractivity (Wildman–Crippen MR) is 90.9 cm³/mol. The molecule has 3 N–H and O–H groups in total. The van der Waals surface area contributed by atoms with Crippen molar-refractivity contribution in [3.05, 3.63) is 68.2 Å². The minimum Gasteiger partial charge on any atom is -0.271 e. The molecule has 2 nitrogen and oxygen atoms in total. The summed E-state index contributed by atoms with van der Waals surface area (Å²) in [6, 6.07) is 10.1. The van der Waals surface area contributed by atoms with Crippen molar-refractivity contribution >= 4 is 23.2 Å². The van der Waals surface area contributed by atoms with Gasteiger partial charge in [0.25, 0.3) is 0 Å². The number of hydrazine groups is 1. The predicted octanol–water partition coefficient (Wildman–Crippen LogP) is 4.67. The fourth-order valence-corrected chi connectivity index (χ4v) is 2.84. The Balaban J connectivity index is 2.31. The lowest BCUT2D eigenvalue weighted by Gasteiger charge is -2.20. The first-order valence-corrected chi connectivity index (χ1v) is 7.65. The Labute approximate surface area is 136 Å². The van der Waals surface area contributed by atoms with Crippen molar-refractivity contribution in [2.45, 2.75) is 33.2 Å². The second kappa shape index (κ2) is 6.80. The Morgan fingerprint density at radius 3 is 2.24 bits per heavy atom. The second-order valence-corrected chi connectivity index (χ2v) is 6.28. The third kappa shape index (κ3) is 3.78. The summed E-state index contributed by atoms with van der Waals surface area (Å²) in [4.78, 5) is 0. The van der Waals surface area contributed by atoms with Gasteiger partial charge in [0.05, 0.1) is 16.1 Å². The Bertz CT molecular complexity index is 653. The van der Waals surface area contributed by atoms with Gasteiger partial charge in [-0.25, -0.2) is 0 Å². The fourth-order valence-electron chi connectivity index (χ4n) is 2.52. The quantitative estimate of drug-likeness (QED) is 0.634. The van der Waals surface area contributed by atoms with Gasteiger partial charge in [0, 0.05) is 0 Å². The summed E-state index contributed by atoms with van der Waals surface area (Å²) in [5.74, 6) is 5.77. The summed E-state index contributed by atoms with van der Waals surface area (Å²) in [5, 5.41) is 1.14. The molecule has 0 spiro atoms. The zero-order valence-corrected chi connectivity index (χ0v) is 14.0. The van der Waals surface area contributed by atoms with Crippen LogP contribution in [0.25, 0.3) is 0 Å². The molecule has 0 amide bonds. The molecule has 0 heterocycles. The molecular weight excluding hydrogens is 303 g/mol. The first-order valence-electron chi connectivity index (χ1n) is 6.90. The van der Waals surface area contributed by atoms with Crippen LogP contribution in [0.1, 0.15) is 33.9 Å². The van der Waals surface area contributed by atoms with Crippen LogP contribution in [-0.2, 0) is 6.42 Å². The topological polar surface area (TPSA) is 38.0 Å². The molecule has 1 unspecified atom stereocenters. The second-order valence-electron chi connectivity index (χ2n) is 5.46. The molecule has 2 aromatic rings. The van der Waals surface area contributed by atoms with Crippen LogP contribution in [-0.4, -0.2) is 0 Å². The molecule has 0 aromatic heterocycles. The van der Waals surface area contributed by atoms with Crippen LogP contribution in [0.2, 0.25) is 10.0 Å². The maximum atomic E-state index is 6.08. The highest BCUT2D eigenvalue weighted by atomic mass is 35.5. The maximum Gasteiger partial charge on any atom is 0.0595 e. The number of nitrogens with one attached hydrogen (secondary N) is 1. The van der Waals surface area contributed by atoms with Crippen molar-refractivity contribution in [3.8, 4) is 0 Å². The number of hydrogen-bond acceptors (Lipinski definition) is 2. The number of rotatable bonds is 4. The highest BCUT2D eigenvalue weighted by molar-refractivity contribution is 6.42. The van der Waals surface area contributed by atoms with Crippen LogP contribution >= 0.6 is 23.2 Å². The molecule has 0 aliphatic heterocycles. The molecule has 0 fully saturated rings. The highest BCUT2D eigenvalue weighted by Gasteiger charge is 2.15. The normalized spacial score (nSPS) is 12.5. The largest absolute Gasteiger partial charge is 0.271 e. The summed E-state index contributed by atoms with van der Waals surface area (Å²) in [7, 11) is 0. The molecule has 2 rings (SSSR count). The summed E-state index contributed by atoms with van der Waals surface area (Å²) >= 11 is 12.0. The van der Waals surface area contributed by atoms with E-state index in [2.05, 4.69) is 38.3 Å². The molecule has 0 saturated heterocycles. The number of benzene rings is 2. The van der Waals surface area contributed by atoms with Gasteiger partial charge >= 0.3 is 0 Å². The van der Waals surface area contributed by atoms with E-state index >= 15 is 0 Å². The van der Waals surface area contributed by atoms with Crippen molar-refractivity contribution in [3.63, 3.8) is 0 Å². The Morgan fingerprint density at radius 2 is 1.62 bits per heavy atom. The molecule has 2 aromatic carbocycles. The van der Waals surface area contributed by atoms with Crippen LogP contribution in [0.15, 0.2) is 30.3 Å². The van der Waals surface area contributed by atoms with E-state index < -0.39 is 0 Å². The molecule has 1 atom stereocenters. The van der Waals surface area contributed by atoms with Crippen LogP contribution in [0.3, 0.4) is 0 Å². The Hall–Kier alpha value is -1.06.